The van der Waals surface area contributed by atoms with Crippen molar-refractivity contribution in [1.82, 2.24) is 30.7 Å². The van der Waals surface area contributed by atoms with E-state index >= 15 is 0 Å². The molecule has 6 aromatic carbocycles. The third-order valence-electron chi connectivity index (χ3n) is 22.4. The summed E-state index contributed by atoms with van der Waals surface area (Å²) in [6.07, 6.45) is 11.8. The molecule has 6 N–H and O–H groups in total. The second-order valence-corrected chi connectivity index (χ2v) is 37.6. The molecule has 6 aromatic rings. The van der Waals surface area contributed by atoms with Crippen LogP contribution in [0.25, 0.3) is 0 Å². The molecule has 0 aromatic heterocycles. The lowest BCUT2D eigenvalue weighted by molar-refractivity contribution is -0.139. The van der Waals surface area contributed by atoms with E-state index in [1.807, 2.05) is 126 Å². The molecule has 624 valence electrons. The highest BCUT2D eigenvalue weighted by Crippen LogP contribution is 2.62. The van der Waals surface area contributed by atoms with Crippen molar-refractivity contribution in [2.24, 2.45) is 45.3 Å². The van der Waals surface area contributed by atoms with Crippen molar-refractivity contribution in [3.05, 3.63) is 201 Å². The molecule has 8 fully saturated rings. The second kappa shape index (κ2) is 42.1. The average Bonchev–Trinajstić information content (AvgIpc) is 1.60. The molecule has 4 heterocycles. The number of halogens is 9. The molecule has 0 bridgehead atoms. The Labute approximate surface area is 726 Å². The van der Waals surface area contributed by atoms with Gasteiger partial charge in [0, 0.05) is 120 Å². The van der Waals surface area contributed by atoms with E-state index in [0.717, 1.165) is 131 Å². The molecule has 115 heavy (non-hydrogen) atoms. The monoisotopic (exact) mass is 1800 g/mol. The van der Waals surface area contributed by atoms with Crippen LogP contribution < -0.4 is 21.7 Å². The van der Waals surface area contributed by atoms with Crippen LogP contribution in [0.15, 0.2) is 133 Å². The maximum Gasteiger partial charge on any atom is 0.410 e. The third kappa shape index (κ3) is 29.6. The molecule has 4 aliphatic carbocycles. The lowest BCUT2D eigenvalue weighted by Gasteiger charge is -2.33. The molecular weight excluding hydrogens is 1690 g/mol. The first-order valence-corrected chi connectivity index (χ1v) is 42.9. The van der Waals surface area contributed by atoms with E-state index in [9.17, 15) is 38.4 Å². The highest BCUT2D eigenvalue weighted by atomic mass is 79.9. The first kappa shape index (κ1) is 94.3. The Hall–Kier alpha value is -6.20. The molecule has 0 radical (unpaired) electrons. The van der Waals surface area contributed by atoms with Gasteiger partial charge in [0.05, 0.1) is 17.8 Å². The number of nitrogen functional groups attached to an aromatic ring is 1. The number of anilines is 1. The number of hydrogen-bond donors (Lipinski definition) is 5. The fourth-order valence-electron chi connectivity index (χ4n) is 16.1. The summed E-state index contributed by atoms with van der Waals surface area (Å²) in [5.41, 5.74) is 10.7. The van der Waals surface area contributed by atoms with Crippen molar-refractivity contribution in [3.63, 3.8) is 0 Å². The average molecular weight is 1800 g/mol. The van der Waals surface area contributed by atoms with Gasteiger partial charge >= 0.3 is 18.2 Å². The molecule has 4 spiro atoms. The number of aliphatic carboxylic acids is 1. The Morgan fingerprint density at radius 3 is 1.03 bits per heavy atom. The molecule has 4 saturated carbocycles. The minimum absolute atomic E-state index is 0. The number of carbonyl (C=O) groups is 8. The number of benzene rings is 6. The number of nitrogens with two attached hydrogens (primary N) is 1. The Bertz CT molecular complexity index is 4240. The van der Waals surface area contributed by atoms with Crippen LogP contribution >= 0.6 is 109 Å². The van der Waals surface area contributed by atoms with Gasteiger partial charge in [-0.25, -0.2) is 9.59 Å². The maximum absolute atomic E-state index is 12.8. The van der Waals surface area contributed by atoms with E-state index in [0.29, 0.717) is 114 Å². The van der Waals surface area contributed by atoms with Crippen molar-refractivity contribution >= 4 is 162 Å². The standard InChI is InChI=1S/C23H23Cl2NO3.C21H28Cl2N2O2.C16H19NO4.C15H17Cl2NO.C6H12BrNO.C6H5Cl2N.CH4/c24-18-10-17(11-19(25)13-18)12-21(27)20-14-23(20)6-8-26(9-7-23)22(28)29-15-16-4-2-1-3-5-16;1-20(2,3)24-19(27)13-25-6-4-21(5-7-25)12-17(21)18(26)10-14-8-15(22)11-16(23)9-14;18-14(19)13-10-16(13)6-8-17(9-7-16)15(20)21-11-12-4-2-1-3-5-12;16-11-5-10(6-12(17)8-11)7-14(19)13-9-15(13)1-3-18-4-2-15;1-6(2,3)8-5(9)4-7;7-4-1-5(8)3-6(9)2-4;/h1-5,10-11,13,20H,6-9,12,14-15H2;8-9,11,17H,4-7,10,12-13H2,1-3H3,(H,24,27);1-5,13H,6-11H2,(H,18,19);5-6,8,13,18H,1-4,7,9H2;4H2,1-3H3,(H,8,9);1-3H,9H2;1H4. The number of amides is 4. The number of rotatable bonds is 17. The van der Waals surface area contributed by atoms with Gasteiger partial charge < -0.3 is 46.1 Å². The summed E-state index contributed by atoms with van der Waals surface area (Å²) < 4.78 is 10.7. The highest BCUT2D eigenvalue weighted by molar-refractivity contribution is 9.09. The van der Waals surface area contributed by atoms with Crippen LogP contribution in [0.3, 0.4) is 0 Å². The number of alkyl halides is 1. The van der Waals surface area contributed by atoms with E-state index in [2.05, 4.69) is 36.8 Å². The number of ketones is 3. The Kier molecular flexibility index (Phi) is 34.6. The third-order valence-corrected chi connectivity index (χ3v) is 24.7. The lowest BCUT2D eigenvalue weighted by atomic mass is 9.88. The van der Waals surface area contributed by atoms with Crippen LogP contribution in [-0.2, 0) is 70.7 Å². The van der Waals surface area contributed by atoms with Gasteiger partial charge in [0.1, 0.15) is 30.6 Å². The summed E-state index contributed by atoms with van der Waals surface area (Å²) in [5.74, 6) is 0.532. The van der Waals surface area contributed by atoms with Crippen LogP contribution in [0, 0.1) is 45.3 Å². The number of likely N-dealkylation sites (tertiary alicyclic amines) is 3. The van der Waals surface area contributed by atoms with Crippen molar-refractivity contribution in [1.29, 1.82) is 0 Å². The number of Topliss-reactive ketones (excluding diaryl/α,β-unsaturated/α-hetero) is 3. The molecule has 27 heteroatoms. The molecular formula is C88H108BrCl8N7O11. The molecule has 4 unspecified atom stereocenters. The number of piperidine rings is 4. The number of ether oxygens (including phenoxy) is 2. The van der Waals surface area contributed by atoms with Gasteiger partial charge in [-0.05, 0) is 267 Å². The van der Waals surface area contributed by atoms with Gasteiger partial charge in [-0.15, -0.1) is 0 Å². The van der Waals surface area contributed by atoms with Gasteiger partial charge in [-0.3, -0.25) is 33.7 Å². The second-order valence-electron chi connectivity index (χ2n) is 33.6. The van der Waals surface area contributed by atoms with Crippen LogP contribution in [-0.4, -0.2) is 142 Å². The smallest absolute Gasteiger partial charge is 0.410 e. The van der Waals surface area contributed by atoms with Gasteiger partial charge in [-0.2, -0.15) is 0 Å². The van der Waals surface area contributed by atoms with Crippen LogP contribution in [0.4, 0.5) is 15.3 Å². The van der Waals surface area contributed by atoms with Gasteiger partial charge in [0.15, 0.2) is 0 Å². The Balaban J connectivity index is 0.000000180. The zero-order valence-electron chi connectivity index (χ0n) is 65.5. The van der Waals surface area contributed by atoms with Crippen LogP contribution in [0.1, 0.15) is 154 Å². The Morgan fingerprint density at radius 1 is 0.443 bits per heavy atom. The number of nitrogens with one attached hydrogen (secondary N) is 3. The molecule has 4 amide bonds. The zero-order chi connectivity index (χ0) is 82.9. The molecule has 8 aliphatic rings. The normalized spacial score (nSPS) is 20.0. The van der Waals surface area contributed by atoms with Crippen LogP contribution in [0.5, 0.6) is 0 Å². The van der Waals surface area contributed by atoms with Crippen molar-refractivity contribution < 1.29 is 52.9 Å². The van der Waals surface area contributed by atoms with E-state index in [1.54, 1.807) is 58.3 Å². The predicted molar refractivity (Wildman–Crippen MR) is 465 cm³/mol. The number of carboxylic acid groups (broad SMARTS) is 1. The van der Waals surface area contributed by atoms with Crippen molar-refractivity contribution in [2.75, 3.05) is 70.0 Å². The van der Waals surface area contributed by atoms with Gasteiger partial charge in [-0.1, -0.05) is 177 Å². The fourth-order valence-corrected chi connectivity index (χ4v) is 18.5. The van der Waals surface area contributed by atoms with Crippen LogP contribution in [0.2, 0.25) is 40.2 Å². The van der Waals surface area contributed by atoms with Crippen molar-refractivity contribution in [3.8, 4) is 0 Å². The maximum atomic E-state index is 12.8. The summed E-state index contributed by atoms with van der Waals surface area (Å²) in [6.45, 7) is 19.1. The van der Waals surface area contributed by atoms with E-state index in [-0.39, 0.29) is 107 Å². The Morgan fingerprint density at radius 2 is 0.739 bits per heavy atom. The summed E-state index contributed by atoms with van der Waals surface area (Å²) in [7, 11) is 0. The molecule has 4 atom stereocenters. The summed E-state index contributed by atoms with van der Waals surface area (Å²) >= 11 is 50.3. The van der Waals surface area contributed by atoms with E-state index in [1.165, 1.54) is 0 Å². The van der Waals surface area contributed by atoms with E-state index in [4.69, 9.17) is 113 Å². The number of nitrogens with zero attached hydrogens (tertiary/aromatic N) is 3. The SMILES string of the molecule is C.CC(C)(C)NC(=O)CBr.CC(C)(C)NC(=O)CN1CCC2(CC1)CC2C(=O)Cc1cc(Cl)cc(Cl)c1.Nc1cc(Cl)cc(Cl)c1.O=C(Cc1cc(Cl)cc(Cl)c1)C1CC12CCN(C(=O)OCc1ccccc1)CC2.O=C(Cc1cc(Cl)cc(Cl)c1)C1CC12CCNCC2.O=C(O)C1CC12CCN(C(=O)OCc1ccccc1)CC2. The molecule has 4 saturated heterocycles. The molecule has 4 aliphatic heterocycles. The highest BCUT2D eigenvalue weighted by Gasteiger charge is 2.61. The number of hydrogen-bond acceptors (Lipinski definition) is 13. The first-order valence-electron chi connectivity index (χ1n) is 38.7. The minimum Gasteiger partial charge on any atom is -0.481 e. The van der Waals surface area contributed by atoms with Crippen molar-refractivity contribution in [2.45, 2.75) is 170 Å². The number of carbonyl (C=O) groups excluding carboxylic acids is 7. The van der Waals surface area contributed by atoms with E-state index < -0.39 is 5.97 Å². The quantitative estimate of drug-likeness (QED) is 0.0421. The summed E-state index contributed by atoms with van der Waals surface area (Å²) in [4.78, 5) is 102. The minimum atomic E-state index is -0.699. The molecule has 18 nitrogen and oxygen atoms in total. The van der Waals surface area contributed by atoms with Gasteiger partial charge in [0.25, 0.3) is 0 Å². The first-order chi connectivity index (χ1) is 53.8. The predicted octanol–water partition coefficient (Wildman–Crippen LogP) is 20.2. The topological polar surface area (TPSA) is 247 Å². The largest absolute Gasteiger partial charge is 0.481 e. The zero-order valence-corrected chi connectivity index (χ0v) is 73.1. The fraction of sp³-hybridized carbons (Fsp3) is 0.500. The summed E-state index contributed by atoms with van der Waals surface area (Å²) in [5, 5.41) is 23.2. The number of carboxylic acids is 1. The summed E-state index contributed by atoms with van der Waals surface area (Å²) in [6, 6.07) is 40.1. The lowest BCUT2D eigenvalue weighted by Crippen LogP contribution is -2.47. The van der Waals surface area contributed by atoms with Gasteiger partial charge in [0.2, 0.25) is 11.8 Å². The molecule has 14 rings (SSSR count).